The molecule has 3 aromatic heterocycles. The molecule has 7 nitrogen and oxygen atoms in total. The second kappa shape index (κ2) is 9.71. The van der Waals surface area contributed by atoms with E-state index in [4.69, 9.17) is 21.0 Å². The molecule has 204 valence electrons. The van der Waals surface area contributed by atoms with Crippen molar-refractivity contribution in [2.24, 2.45) is 0 Å². The van der Waals surface area contributed by atoms with E-state index in [1.807, 2.05) is 40.7 Å². The van der Waals surface area contributed by atoms with Gasteiger partial charge in [-0.05, 0) is 50.3 Å². The van der Waals surface area contributed by atoms with E-state index in [9.17, 15) is 19.1 Å². The van der Waals surface area contributed by atoms with Gasteiger partial charge in [-0.15, -0.1) is 11.3 Å². The lowest BCUT2D eigenvalue weighted by molar-refractivity contribution is 0.0366. The van der Waals surface area contributed by atoms with Gasteiger partial charge in [0, 0.05) is 40.6 Å². The van der Waals surface area contributed by atoms with Crippen LogP contribution >= 0.6 is 22.9 Å². The molecule has 1 aliphatic rings. The zero-order valence-corrected chi connectivity index (χ0v) is 23.9. The summed E-state index contributed by atoms with van der Waals surface area (Å²) in [4.78, 5) is 35.8. The van der Waals surface area contributed by atoms with Crippen LogP contribution in [0.2, 0.25) is 5.02 Å². The van der Waals surface area contributed by atoms with E-state index < -0.39 is 17.3 Å². The van der Waals surface area contributed by atoms with Crippen LogP contribution in [0.1, 0.15) is 85.0 Å². The number of carbonyl (C=O) groups excluding carboxylic acids is 1. The number of aromatic carboxylic acids is 1. The monoisotopic (exact) mass is 569 g/mol. The van der Waals surface area contributed by atoms with Crippen LogP contribution in [0.15, 0.2) is 40.1 Å². The number of aromatic nitrogens is 2. The van der Waals surface area contributed by atoms with Crippen LogP contribution in [-0.4, -0.2) is 43.9 Å². The Morgan fingerprint density at radius 2 is 1.95 bits per heavy atom. The van der Waals surface area contributed by atoms with Gasteiger partial charge in [0.05, 0.1) is 15.7 Å². The zero-order chi connectivity index (χ0) is 28.3. The van der Waals surface area contributed by atoms with Crippen molar-refractivity contribution in [2.45, 2.75) is 64.3 Å². The summed E-state index contributed by atoms with van der Waals surface area (Å²) in [5.74, 6) is -1.55. The fourth-order valence-corrected chi connectivity index (χ4v) is 6.23. The largest absolute Gasteiger partial charge is 0.476 e. The standard InChI is InChI=1S/C29H29ClFN3O4S/c1-28(2,3)17-11-20(15-6-7-18(30)19(31)10-15)32-21-12-23(38-24(17)21)26(35)34-9-8-16(13-29(34,4)5)25-33-22(14-39-25)27(36)37/h6-7,10-12,14,16H,8-9,13H2,1-5H3,(H,36,37). The number of thiazole rings is 1. The van der Waals surface area contributed by atoms with Gasteiger partial charge in [-0.2, -0.15) is 0 Å². The quantitative estimate of drug-likeness (QED) is 0.273. The summed E-state index contributed by atoms with van der Waals surface area (Å²) in [6.45, 7) is 10.6. The minimum atomic E-state index is -1.04. The first-order valence-electron chi connectivity index (χ1n) is 12.7. The number of fused-ring (bicyclic) bond motifs is 1. The van der Waals surface area contributed by atoms with Gasteiger partial charge in [-0.3, -0.25) is 4.79 Å². The van der Waals surface area contributed by atoms with Gasteiger partial charge in [-0.1, -0.05) is 38.4 Å². The van der Waals surface area contributed by atoms with Crippen LogP contribution in [0.4, 0.5) is 4.39 Å². The number of carboxylic acids is 1. The van der Waals surface area contributed by atoms with Crippen LogP contribution in [0, 0.1) is 5.82 Å². The van der Waals surface area contributed by atoms with Gasteiger partial charge >= 0.3 is 5.97 Å². The lowest BCUT2D eigenvalue weighted by Crippen LogP contribution is -2.52. The van der Waals surface area contributed by atoms with Gasteiger partial charge in [0.25, 0.3) is 5.91 Å². The molecule has 0 bridgehead atoms. The lowest BCUT2D eigenvalue weighted by atomic mass is 9.82. The fourth-order valence-electron chi connectivity index (χ4n) is 5.18. The second-order valence-electron chi connectivity index (χ2n) is 11.6. The molecule has 0 saturated carbocycles. The van der Waals surface area contributed by atoms with Crippen LogP contribution in [0.5, 0.6) is 0 Å². The average Bonchev–Trinajstić information content (AvgIpc) is 3.51. The number of benzene rings is 1. The molecule has 1 aromatic carbocycles. The van der Waals surface area contributed by atoms with E-state index >= 15 is 0 Å². The van der Waals surface area contributed by atoms with Gasteiger partial charge < -0.3 is 14.4 Å². The molecule has 0 radical (unpaired) electrons. The molecule has 5 rings (SSSR count). The summed E-state index contributed by atoms with van der Waals surface area (Å²) in [5.41, 5.74) is 2.25. The van der Waals surface area contributed by atoms with Crippen molar-refractivity contribution in [1.82, 2.24) is 14.9 Å². The van der Waals surface area contributed by atoms with Crippen LogP contribution < -0.4 is 0 Å². The van der Waals surface area contributed by atoms with E-state index in [0.717, 1.165) is 10.6 Å². The number of piperidine rings is 1. The first kappa shape index (κ1) is 27.3. The Morgan fingerprint density at radius 1 is 1.21 bits per heavy atom. The maximum atomic E-state index is 14.2. The van der Waals surface area contributed by atoms with Gasteiger partial charge in [-0.25, -0.2) is 19.2 Å². The Hall–Kier alpha value is -3.30. The minimum Gasteiger partial charge on any atom is -0.476 e. The molecule has 1 unspecified atom stereocenters. The van der Waals surface area contributed by atoms with E-state index in [0.29, 0.717) is 41.7 Å². The second-order valence-corrected chi connectivity index (χ2v) is 12.9. The number of carboxylic acid groups (broad SMARTS) is 1. The maximum Gasteiger partial charge on any atom is 0.355 e. The molecular weight excluding hydrogens is 541 g/mol. The third-order valence-electron chi connectivity index (χ3n) is 7.23. The number of pyridine rings is 1. The first-order chi connectivity index (χ1) is 18.2. The van der Waals surface area contributed by atoms with Crippen LogP contribution in [-0.2, 0) is 5.41 Å². The summed E-state index contributed by atoms with van der Waals surface area (Å²) in [5, 5.41) is 11.6. The highest BCUT2D eigenvalue weighted by molar-refractivity contribution is 7.09. The maximum absolute atomic E-state index is 14.2. The number of carbonyl (C=O) groups is 2. The Bertz CT molecular complexity index is 1600. The Morgan fingerprint density at radius 3 is 2.56 bits per heavy atom. The van der Waals surface area contributed by atoms with Crippen molar-refractivity contribution in [3.63, 3.8) is 0 Å². The lowest BCUT2D eigenvalue weighted by Gasteiger charge is -2.44. The molecule has 1 aliphatic heterocycles. The predicted molar refractivity (Wildman–Crippen MR) is 149 cm³/mol. The molecule has 4 aromatic rings. The Labute approximate surface area is 234 Å². The molecular formula is C29H29ClFN3O4S. The fraction of sp³-hybridized carbons (Fsp3) is 0.379. The molecule has 1 amide bonds. The Balaban J connectivity index is 1.48. The molecule has 10 heteroatoms. The molecule has 4 heterocycles. The number of hydrogen-bond donors (Lipinski definition) is 1. The van der Waals surface area contributed by atoms with Crippen molar-refractivity contribution in [1.29, 1.82) is 0 Å². The summed E-state index contributed by atoms with van der Waals surface area (Å²) in [6.07, 6.45) is 1.31. The van der Waals surface area contributed by atoms with E-state index in [2.05, 4.69) is 4.98 Å². The highest BCUT2D eigenvalue weighted by Gasteiger charge is 2.40. The SMILES string of the molecule is CC(C)(C)c1cc(-c2ccc(Cl)c(F)c2)nc2cc(C(=O)N3CCC(c4nc(C(=O)O)cs4)CC3(C)C)oc12. The Kier molecular flexibility index (Phi) is 6.79. The van der Waals surface area contributed by atoms with Gasteiger partial charge in [0.1, 0.15) is 11.3 Å². The molecule has 0 spiro atoms. The van der Waals surface area contributed by atoms with E-state index in [-0.39, 0.29) is 33.7 Å². The number of furan rings is 1. The third-order valence-corrected chi connectivity index (χ3v) is 8.54. The zero-order valence-electron chi connectivity index (χ0n) is 22.3. The third kappa shape index (κ3) is 5.17. The van der Waals surface area contributed by atoms with Crippen molar-refractivity contribution in [3.05, 3.63) is 68.6 Å². The molecule has 0 aliphatic carbocycles. The highest BCUT2D eigenvalue weighted by atomic mass is 35.5. The van der Waals surface area contributed by atoms with Crippen LogP contribution in [0.25, 0.3) is 22.4 Å². The van der Waals surface area contributed by atoms with E-state index in [1.165, 1.54) is 23.5 Å². The number of halogens is 2. The first-order valence-corrected chi connectivity index (χ1v) is 13.9. The van der Waals surface area contributed by atoms with Crippen molar-refractivity contribution in [3.8, 4) is 11.3 Å². The summed E-state index contributed by atoms with van der Waals surface area (Å²) < 4.78 is 20.4. The topological polar surface area (TPSA) is 96.5 Å². The molecule has 1 atom stereocenters. The number of hydrogen-bond acceptors (Lipinski definition) is 6. The molecule has 1 fully saturated rings. The van der Waals surface area contributed by atoms with Gasteiger partial charge in [0.2, 0.25) is 0 Å². The van der Waals surface area contributed by atoms with Crippen molar-refractivity contribution >= 4 is 45.9 Å². The molecule has 1 N–H and O–H groups in total. The number of likely N-dealkylation sites (tertiary alicyclic amines) is 1. The smallest absolute Gasteiger partial charge is 0.355 e. The number of amides is 1. The summed E-state index contributed by atoms with van der Waals surface area (Å²) in [7, 11) is 0. The summed E-state index contributed by atoms with van der Waals surface area (Å²) >= 11 is 7.23. The van der Waals surface area contributed by atoms with Crippen molar-refractivity contribution < 1.29 is 23.5 Å². The molecule has 1 saturated heterocycles. The number of nitrogens with zero attached hydrogens (tertiary/aromatic N) is 3. The minimum absolute atomic E-state index is 0.0376. The van der Waals surface area contributed by atoms with E-state index in [1.54, 1.807) is 22.4 Å². The van der Waals surface area contributed by atoms with Crippen LogP contribution in [0.3, 0.4) is 0 Å². The molecule has 39 heavy (non-hydrogen) atoms. The number of rotatable bonds is 4. The highest BCUT2D eigenvalue weighted by Crippen LogP contribution is 2.41. The summed E-state index contributed by atoms with van der Waals surface area (Å²) in [6, 6.07) is 8.10. The normalized spacial score (nSPS) is 17.5. The average molecular weight is 570 g/mol. The van der Waals surface area contributed by atoms with Gasteiger partial charge in [0.15, 0.2) is 17.0 Å². The van der Waals surface area contributed by atoms with Crippen molar-refractivity contribution in [2.75, 3.05) is 6.54 Å². The predicted octanol–water partition coefficient (Wildman–Crippen LogP) is 7.54.